The Morgan fingerprint density at radius 3 is 2.65 bits per heavy atom. The number of aromatic nitrogens is 3. The van der Waals surface area contributed by atoms with E-state index < -0.39 is 0 Å². The second kappa shape index (κ2) is 6.40. The van der Waals surface area contributed by atoms with Crippen molar-refractivity contribution in [2.45, 2.75) is 6.92 Å². The van der Waals surface area contributed by atoms with Crippen molar-refractivity contribution < 1.29 is 9.18 Å². The molecular weight excluding hydrogens is 331 g/mol. The Hall–Kier alpha value is -3.54. The molecule has 0 aliphatic carbocycles. The first-order valence-electron chi connectivity index (χ1n) is 8.06. The maximum atomic E-state index is 13.9. The van der Waals surface area contributed by atoms with E-state index in [1.807, 2.05) is 25.1 Å². The fourth-order valence-corrected chi connectivity index (χ4v) is 2.87. The number of aromatic amines is 1. The van der Waals surface area contributed by atoms with Crippen LogP contribution in [-0.4, -0.2) is 20.9 Å². The van der Waals surface area contributed by atoms with Crippen LogP contribution >= 0.6 is 0 Å². The van der Waals surface area contributed by atoms with E-state index in [0.29, 0.717) is 22.3 Å². The number of hydrogen-bond acceptors (Lipinski definition) is 3. The zero-order valence-corrected chi connectivity index (χ0v) is 14.0. The van der Waals surface area contributed by atoms with Gasteiger partial charge in [-0.2, -0.15) is 0 Å². The molecule has 0 aliphatic heterocycles. The molecular formula is C20H15FN4O. The molecule has 128 valence electrons. The fourth-order valence-electron chi connectivity index (χ4n) is 2.87. The van der Waals surface area contributed by atoms with Gasteiger partial charge in [0.2, 0.25) is 0 Å². The number of H-pyrrole nitrogens is 1. The number of carbonyl (C=O) groups excluding carboxylic acids is 1. The van der Waals surface area contributed by atoms with Gasteiger partial charge in [-0.1, -0.05) is 18.2 Å². The van der Waals surface area contributed by atoms with Crippen LogP contribution in [0.15, 0.2) is 61.2 Å². The standard InChI is InChI=1S/C20H15FN4O/c1-12-5-6-17(21)16-8-18(25-19(12)16)20(26)24-15-4-2-3-13(7-15)14-9-22-11-23-10-14/h2-11,25H,1H3,(H,24,26). The Bertz CT molecular complexity index is 1070. The van der Waals surface area contributed by atoms with E-state index in [4.69, 9.17) is 0 Å². The van der Waals surface area contributed by atoms with Gasteiger partial charge < -0.3 is 10.3 Å². The van der Waals surface area contributed by atoms with Crippen LogP contribution in [-0.2, 0) is 0 Å². The maximum absolute atomic E-state index is 13.9. The highest BCUT2D eigenvalue weighted by Gasteiger charge is 2.13. The van der Waals surface area contributed by atoms with Crippen molar-refractivity contribution in [1.29, 1.82) is 0 Å². The van der Waals surface area contributed by atoms with Crippen molar-refractivity contribution in [2.24, 2.45) is 0 Å². The lowest BCUT2D eigenvalue weighted by Gasteiger charge is -2.06. The van der Waals surface area contributed by atoms with E-state index in [2.05, 4.69) is 20.3 Å². The Morgan fingerprint density at radius 1 is 1.08 bits per heavy atom. The van der Waals surface area contributed by atoms with Crippen LogP contribution in [0.5, 0.6) is 0 Å². The lowest BCUT2D eigenvalue weighted by molar-refractivity contribution is 0.102. The zero-order chi connectivity index (χ0) is 18.1. The van der Waals surface area contributed by atoms with Gasteiger partial charge in [-0.15, -0.1) is 0 Å². The number of fused-ring (bicyclic) bond motifs is 1. The molecule has 0 spiro atoms. The number of amides is 1. The molecule has 0 unspecified atom stereocenters. The second-order valence-corrected chi connectivity index (χ2v) is 6.00. The SMILES string of the molecule is Cc1ccc(F)c2cc(C(=O)Nc3cccc(-c4cncnc4)c3)[nH]c12. The largest absolute Gasteiger partial charge is 0.350 e. The third kappa shape index (κ3) is 2.93. The number of halogens is 1. The molecule has 0 bridgehead atoms. The summed E-state index contributed by atoms with van der Waals surface area (Å²) >= 11 is 0. The average Bonchev–Trinajstić information content (AvgIpc) is 3.13. The van der Waals surface area contributed by atoms with Gasteiger partial charge in [-0.05, 0) is 42.3 Å². The third-order valence-corrected chi connectivity index (χ3v) is 4.21. The monoisotopic (exact) mass is 346 g/mol. The van der Waals surface area contributed by atoms with E-state index in [1.54, 1.807) is 24.5 Å². The van der Waals surface area contributed by atoms with E-state index in [0.717, 1.165) is 16.7 Å². The highest BCUT2D eigenvalue weighted by molar-refractivity contribution is 6.06. The summed E-state index contributed by atoms with van der Waals surface area (Å²) in [5.41, 5.74) is 4.19. The number of carbonyl (C=O) groups is 1. The van der Waals surface area contributed by atoms with Gasteiger partial charge in [-0.3, -0.25) is 4.79 Å². The summed E-state index contributed by atoms with van der Waals surface area (Å²) in [5, 5.41) is 3.24. The van der Waals surface area contributed by atoms with Crippen molar-refractivity contribution in [3.8, 4) is 11.1 Å². The van der Waals surface area contributed by atoms with E-state index in [-0.39, 0.29) is 11.7 Å². The van der Waals surface area contributed by atoms with E-state index in [1.165, 1.54) is 18.5 Å². The Morgan fingerprint density at radius 2 is 1.88 bits per heavy atom. The summed E-state index contributed by atoms with van der Waals surface area (Å²) in [6.45, 7) is 1.87. The first-order valence-corrected chi connectivity index (χ1v) is 8.06. The van der Waals surface area contributed by atoms with Gasteiger partial charge in [0.25, 0.3) is 5.91 Å². The minimum atomic E-state index is -0.355. The van der Waals surface area contributed by atoms with Gasteiger partial charge in [0.1, 0.15) is 17.8 Å². The Balaban J connectivity index is 1.63. The lowest BCUT2D eigenvalue weighted by atomic mass is 10.1. The van der Waals surface area contributed by atoms with Gasteiger partial charge in [0.15, 0.2) is 0 Å². The summed E-state index contributed by atoms with van der Waals surface area (Å²) in [7, 11) is 0. The van der Waals surface area contributed by atoms with Crippen LogP contribution in [0, 0.1) is 12.7 Å². The molecule has 6 heteroatoms. The van der Waals surface area contributed by atoms with Gasteiger partial charge >= 0.3 is 0 Å². The van der Waals surface area contributed by atoms with Gasteiger partial charge in [-0.25, -0.2) is 14.4 Å². The molecule has 0 radical (unpaired) electrons. The molecule has 0 saturated carbocycles. The first kappa shape index (κ1) is 16.0. The average molecular weight is 346 g/mol. The summed E-state index contributed by atoms with van der Waals surface area (Å²) in [6, 6.07) is 12.0. The van der Waals surface area contributed by atoms with Gasteiger partial charge in [0, 0.05) is 29.0 Å². The topological polar surface area (TPSA) is 70.7 Å². The molecule has 0 fully saturated rings. The second-order valence-electron chi connectivity index (χ2n) is 6.00. The highest BCUT2D eigenvalue weighted by Crippen LogP contribution is 2.24. The quantitative estimate of drug-likeness (QED) is 0.580. The molecule has 0 atom stereocenters. The highest BCUT2D eigenvalue weighted by atomic mass is 19.1. The van der Waals surface area contributed by atoms with E-state index >= 15 is 0 Å². The van der Waals surface area contributed by atoms with Crippen molar-refractivity contribution in [2.75, 3.05) is 5.32 Å². The first-order chi connectivity index (χ1) is 12.6. The van der Waals surface area contributed by atoms with Gasteiger partial charge in [0.05, 0.1) is 5.52 Å². The van der Waals surface area contributed by atoms with Crippen LogP contribution in [0.25, 0.3) is 22.0 Å². The normalized spacial score (nSPS) is 10.8. The van der Waals surface area contributed by atoms with E-state index in [9.17, 15) is 9.18 Å². The predicted molar refractivity (Wildman–Crippen MR) is 98.4 cm³/mol. The number of anilines is 1. The Labute approximate surface area is 148 Å². The van der Waals surface area contributed by atoms with Crippen molar-refractivity contribution in [1.82, 2.24) is 15.0 Å². The van der Waals surface area contributed by atoms with Crippen molar-refractivity contribution >= 4 is 22.5 Å². The minimum Gasteiger partial charge on any atom is -0.350 e. The molecule has 2 heterocycles. The molecule has 4 aromatic rings. The number of hydrogen-bond donors (Lipinski definition) is 2. The molecule has 0 aliphatic rings. The van der Waals surface area contributed by atoms with Crippen LogP contribution in [0.1, 0.15) is 16.1 Å². The Kier molecular flexibility index (Phi) is 3.93. The van der Waals surface area contributed by atoms with Crippen molar-refractivity contribution in [3.05, 3.63) is 78.3 Å². The number of nitrogens with zero attached hydrogens (tertiary/aromatic N) is 2. The summed E-state index contributed by atoms with van der Waals surface area (Å²) in [4.78, 5) is 23.6. The van der Waals surface area contributed by atoms with Crippen molar-refractivity contribution in [3.63, 3.8) is 0 Å². The molecule has 1 amide bonds. The lowest BCUT2D eigenvalue weighted by Crippen LogP contribution is -2.12. The zero-order valence-electron chi connectivity index (χ0n) is 14.0. The number of rotatable bonds is 3. The molecule has 2 aromatic carbocycles. The summed E-state index contributed by atoms with van der Waals surface area (Å²) in [6.07, 6.45) is 4.88. The maximum Gasteiger partial charge on any atom is 0.272 e. The molecule has 4 rings (SSSR count). The fraction of sp³-hybridized carbons (Fsp3) is 0.0500. The third-order valence-electron chi connectivity index (χ3n) is 4.21. The number of aryl methyl sites for hydroxylation is 1. The van der Waals surface area contributed by atoms with Crippen LogP contribution in [0.4, 0.5) is 10.1 Å². The smallest absolute Gasteiger partial charge is 0.272 e. The molecule has 26 heavy (non-hydrogen) atoms. The molecule has 2 aromatic heterocycles. The molecule has 0 saturated heterocycles. The van der Waals surface area contributed by atoms with Crippen LogP contribution in [0.3, 0.4) is 0 Å². The number of benzene rings is 2. The van der Waals surface area contributed by atoms with Crippen LogP contribution in [0.2, 0.25) is 0 Å². The van der Waals surface area contributed by atoms with Crippen LogP contribution < -0.4 is 5.32 Å². The number of nitrogens with one attached hydrogen (secondary N) is 2. The predicted octanol–water partition coefficient (Wildman–Crippen LogP) is 4.32. The minimum absolute atomic E-state index is 0.307. The molecule has 2 N–H and O–H groups in total. The summed E-state index contributed by atoms with van der Waals surface area (Å²) < 4.78 is 13.9. The summed E-state index contributed by atoms with van der Waals surface area (Å²) in [5.74, 6) is -0.687. The molecule has 5 nitrogen and oxygen atoms in total.